The molecule has 2 aliphatic rings. The van der Waals surface area contributed by atoms with Crippen molar-refractivity contribution >= 4 is 56.4 Å². The molecule has 0 atom stereocenters. The highest BCUT2D eigenvalue weighted by atomic mass is 32.1. The van der Waals surface area contributed by atoms with Crippen molar-refractivity contribution in [3.05, 3.63) is 32.0 Å². The van der Waals surface area contributed by atoms with Crippen LogP contribution in [0.5, 0.6) is 0 Å². The maximum absolute atomic E-state index is 12.9. The van der Waals surface area contributed by atoms with Crippen molar-refractivity contribution in [1.82, 2.24) is 0 Å². The Morgan fingerprint density at radius 3 is 1.46 bits per heavy atom. The molecule has 4 rings (SSSR count). The van der Waals surface area contributed by atoms with Crippen LogP contribution < -0.4 is 10.6 Å². The van der Waals surface area contributed by atoms with E-state index < -0.39 is 0 Å². The molecule has 8 nitrogen and oxygen atoms in total. The van der Waals surface area contributed by atoms with Crippen molar-refractivity contribution in [2.75, 3.05) is 23.8 Å². The average Bonchev–Trinajstić information content (AvgIpc) is 3.23. The first kappa shape index (κ1) is 31.2. The quantitative estimate of drug-likeness (QED) is 0.196. The molecule has 0 saturated carbocycles. The first-order valence-electron chi connectivity index (χ1n) is 15.2. The Morgan fingerprint density at radius 2 is 1.05 bits per heavy atom. The molecule has 0 aliphatic heterocycles. The van der Waals surface area contributed by atoms with E-state index in [1.54, 1.807) is 0 Å². The summed E-state index contributed by atoms with van der Waals surface area (Å²) in [7, 11) is 0. The number of hydrogen-bond acceptors (Lipinski definition) is 8. The van der Waals surface area contributed by atoms with E-state index in [1.807, 2.05) is 13.8 Å². The fraction of sp³-hybridized carbons (Fsp3) is 0.613. The molecule has 0 saturated heterocycles. The van der Waals surface area contributed by atoms with E-state index in [4.69, 9.17) is 9.47 Å². The van der Waals surface area contributed by atoms with Crippen LogP contribution in [0, 0.1) is 0 Å². The van der Waals surface area contributed by atoms with E-state index in [-0.39, 0.29) is 36.6 Å². The second-order valence-electron chi connectivity index (χ2n) is 10.8. The summed E-state index contributed by atoms with van der Waals surface area (Å²) in [4.78, 5) is 53.9. The second-order valence-corrected chi connectivity index (χ2v) is 13.0. The number of rotatable bonds is 12. The van der Waals surface area contributed by atoms with Gasteiger partial charge >= 0.3 is 11.9 Å². The molecule has 0 radical (unpaired) electrons. The maximum Gasteiger partial charge on any atom is 0.341 e. The molecule has 2 aromatic heterocycles. The Bertz CT molecular complexity index is 1150. The van der Waals surface area contributed by atoms with Crippen molar-refractivity contribution in [2.24, 2.45) is 0 Å². The molecule has 2 amide bonds. The summed E-state index contributed by atoms with van der Waals surface area (Å²) in [5, 5.41) is 6.99. The van der Waals surface area contributed by atoms with Crippen molar-refractivity contribution < 1.29 is 28.7 Å². The van der Waals surface area contributed by atoms with E-state index in [0.29, 0.717) is 40.8 Å². The molecule has 2 aliphatic carbocycles. The Morgan fingerprint density at radius 1 is 0.634 bits per heavy atom. The molecular weight excluding hydrogens is 560 g/mol. The summed E-state index contributed by atoms with van der Waals surface area (Å²) in [5.74, 6) is -1.21. The smallest absolute Gasteiger partial charge is 0.341 e. The third kappa shape index (κ3) is 8.19. The summed E-state index contributed by atoms with van der Waals surface area (Å²) < 4.78 is 10.9. The number of hydrogen-bond donors (Lipinski definition) is 2. The third-order valence-electron chi connectivity index (χ3n) is 7.44. The van der Waals surface area contributed by atoms with Crippen LogP contribution >= 0.6 is 22.7 Å². The number of nitrogens with one attached hydrogen (secondary N) is 2. The number of carbonyl (C=O) groups excluding carboxylic acids is 4. The zero-order chi connectivity index (χ0) is 29.2. The number of thiophene rings is 2. The fourth-order valence-electron chi connectivity index (χ4n) is 5.41. The molecule has 0 fully saturated rings. The number of fused-ring (bicyclic) bond motifs is 2. The Labute approximate surface area is 250 Å². The molecule has 0 aromatic carbocycles. The minimum atomic E-state index is -0.372. The van der Waals surface area contributed by atoms with E-state index in [2.05, 4.69) is 10.6 Å². The summed E-state index contributed by atoms with van der Waals surface area (Å²) >= 11 is 2.95. The zero-order valence-corrected chi connectivity index (χ0v) is 25.9. The molecule has 0 bridgehead atoms. The molecule has 2 aromatic rings. The molecule has 224 valence electrons. The number of anilines is 2. The number of esters is 2. The van der Waals surface area contributed by atoms with Gasteiger partial charge in [0.1, 0.15) is 10.0 Å². The van der Waals surface area contributed by atoms with Crippen LogP contribution in [0.1, 0.15) is 126 Å². The van der Waals surface area contributed by atoms with Gasteiger partial charge in [-0.3, -0.25) is 9.59 Å². The highest BCUT2D eigenvalue weighted by molar-refractivity contribution is 7.17. The molecule has 0 unspecified atom stereocenters. The van der Waals surface area contributed by atoms with Crippen molar-refractivity contribution in [2.45, 2.75) is 110 Å². The lowest BCUT2D eigenvalue weighted by atomic mass is 10.1. The van der Waals surface area contributed by atoms with Crippen LogP contribution in [-0.2, 0) is 44.7 Å². The van der Waals surface area contributed by atoms with Crippen molar-refractivity contribution in [3.63, 3.8) is 0 Å². The van der Waals surface area contributed by atoms with E-state index in [9.17, 15) is 19.2 Å². The van der Waals surface area contributed by atoms with Gasteiger partial charge in [0.05, 0.1) is 24.3 Å². The van der Waals surface area contributed by atoms with Crippen molar-refractivity contribution in [3.8, 4) is 0 Å². The van der Waals surface area contributed by atoms with Crippen LogP contribution in [0.15, 0.2) is 0 Å². The number of aryl methyl sites for hydroxylation is 2. The van der Waals surface area contributed by atoms with Gasteiger partial charge in [0, 0.05) is 22.6 Å². The van der Waals surface area contributed by atoms with E-state index in [0.717, 1.165) is 97.9 Å². The number of carbonyl (C=O) groups is 4. The summed E-state index contributed by atoms with van der Waals surface area (Å²) in [5.41, 5.74) is 3.05. The second kappa shape index (κ2) is 15.5. The Balaban J connectivity index is 1.37. The van der Waals surface area contributed by atoms with Crippen LogP contribution in [0.2, 0.25) is 0 Å². The highest BCUT2D eigenvalue weighted by Gasteiger charge is 2.28. The highest BCUT2D eigenvalue weighted by Crippen LogP contribution is 2.39. The number of ether oxygens (including phenoxy) is 2. The van der Waals surface area contributed by atoms with Gasteiger partial charge in [-0.05, 0) is 81.8 Å². The van der Waals surface area contributed by atoms with Crippen LogP contribution in [0.25, 0.3) is 0 Å². The zero-order valence-electron chi connectivity index (χ0n) is 24.3. The first-order chi connectivity index (χ1) is 19.9. The summed E-state index contributed by atoms with van der Waals surface area (Å²) in [6.45, 7) is 4.59. The predicted molar refractivity (Wildman–Crippen MR) is 163 cm³/mol. The van der Waals surface area contributed by atoms with Crippen LogP contribution in [0.4, 0.5) is 10.0 Å². The number of amides is 2. The maximum atomic E-state index is 12.9. The average molecular weight is 603 g/mol. The van der Waals surface area contributed by atoms with Gasteiger partial charge in [-0.25, -0.2) is 9.59 Å². The summed E-state index contributed by atoms with van der Waals surface area (Å²) in [6, 6.07) is 0. The summed E-state index contributed by atoms with van der Waals surface area (Å²) in [6.07, 6.45) is 12.0. The first-order valence-corrected chi connectivity index (χ1v) is 16.8. The molecule has 0 spiro atoms. The normalized spacial score (nSPS) is 14.7. The van der Waals surface area contributed by atoms with Gasteiger partial charge in [0.15, 0.2) is 0 Å². The molecule has 41 heavy (non-hydrogen) atoms. The monoisotopic (exact) mass is 602 g/mol. The minimum absolute atomic E-state index is 0.145. The molecule has 10 heteroatoms. The molecular formula is C31H42N2O6S2. The topological polar surface area (TPSA) is 111 Å². The van der Waals surface area contributed by atoms with E-state index >= 15 is 0 Å². The molecule has 2 heterocycles. The Hall–Kier alpha value is -2.72. The van der Waals surface area contributed by atoms with Gasteiger partial charge in [0.25, 0.3) is 0 Å². The minimum Gasteiger partial charge on any atom is -0.462 e. The van der Waals surface area contributed by atoms with Gasteiger partial charge in [-0.15, -0.1) is 22.7 Å². The largest absolute Gasteiger partial charge is 0.462 e. The van der Waals surface area contributed by atoms with Crippen LogP contribution in [-0.4, -0.2) is 37.0 Å². The van der Waals surface area contributed by atoms with Crippen LogP contribution in [0.3, 0.4) is 0 Å². The van der Waals surface area contributed by atoms with Gasteiger partial charge in [0.2, 0.25) is 11.8 Å². The third-order valence-corrected chi connectivity index (χ3v) is 9.85. The van der Waals surface area contributed by atoms with Gasteiger partial charge < -0.3 is 20.1 Å². The molecule has 2 N–H and O–H groups in total. The lowest BCUT2D eigenvalue weighted by Gasteiger charge is -2.10. The Kier molecular flexibility index (Phi) is 11.8. The standard InChI is InChI=1S/C31H42N2O6S2/c1-3-18-38-30(36)26-20-12-7-5-9-14-22(20)40-28(26)32-24(34)16-11-17-25(35)33-29-27(31(37)39-19-4-2)21-13-8-6-10-15-23(21)41-29/h3-19H2,1-2H3,(H,32,34)(H,33,35). The SMILES string of the molecule is CCCOC(=O)c1c(NC(=O)CCCC(=O)Nc2sc3c(c2C(=O)OCCC)CCCCC3)sc2c1CCCCC2. The lowest BCUT2D eigenvalue weighted by Crippen LogP contribution is -2.17. The lowest BCUT2D eigenvalue weighted by molar-refractivity contribution is -0.117. The van der Waals surface area contributed by atoms with E-state index in [1.165, 1.54) is 22.7 Å². The van der Waals surface area contributed by atoms with Gasteiger partial charge in [-0.1, -0.05) is 26.7 Å². The van der Waals surface area contributed by atoms with Crippen molar-refractivity contribution in [1.29, 1.82) is 0 Å². The fourth-order valence-corrected chi connectivity index (χ4v) is 8.00. The van der Waals surface area contributed by atoms with Gasteiger partial charge in [-0.2, -0.15) is 0 Å². The predicted octanol–water partition coefficient (Wildman–Crippen LogP) is 7.23.